The number of nitrogens with zero attached hydrogens (tertiary/aromatic N) is 3. The van der Waals surface area contributed by atoms with Gasteiger partial charge in [0.2, 0.25) is 5.91 Å². The van der Waals surface area contributed by atoms with E-state index < -0.39 is 0 Å². The van der Waals surface area contributed by atoms with Crippen molar-refractivity contribution in [2.24, 2.45) is 0 Å². The summed E-state index contributed by atoms with van der Waals surface area (Å²) in [7, 11) is 0. The van der Waals surface area contributed by atoms with Gasteiger partial charge in [-0.15, -0.1) is 0 Å². The van der Waals surface area contributed by atoms with Crippen LogP contribution in [0.15, 0.2) is 41.3 Å². The number of hydrogen-bond acceptors (Lipinski definition) is 4. The van der Waals surface area contributed by atoms with Crippen LogP contribution in [0.2, 0.25) is 0 Å². The van der Waals surface area contributed by atoms with Crippen LogP contribution in [0.4, 0.5) is 0 Å². The van der Waals surface area contributed by atoms with Crippen molar-refractivity contribution in [3.05, 3.63) is 42.6 Å². The highest BCUT2D eigenvalue weighted by molar-refractivity contribution is 5.75. The number of carbonyl (C=O) groups excluding carboxylic acids is 1. The van der Waals surface area contributed by atoms with Crippen LogP contribution in [0.1, 0.15) is 31.1 Å². The quantitative estimate of drug-likeness (QED) is 0.884. The van der Waals surface area contributed by atoms with Gasteiger partial charge in [0.25, 0.3) is 0 Å². The summed E-state index contributed by atoms with van der Waals surface area (Å²) in [6.45, 7) is 2.92. The molecule has 1 atom stereocenters. The Balaban J connectivity index is 1.59. The zero-order valence-corrected chi connectivity index (χ0v) is 12.6. The zero-order valence-electron chi connectivity index (χ0n) is 12.6. The van der Waals surface area contributed by atoms with Gasteiger partial charge in [0.1, 0.15) is 12.3 Å². The largest absolute Gasteiger partial charge is 0.468 e. The van der Waals surface area contributed by atoms with Crippen molar-refractivity contribution in [1.82, 2.24) is 20.0 Å². The number of amides is 1. The molecule has 3 heterocycles. The van der Waals surface area contributed by atoms with E-state index in [1.54, 1.807) is 23.3 Å². The molecule has 22 heavy (non-hydrogen) atoms. The summed E-state index contributed by atoms with van der Waals surface area (Å²) >= 11 is 0. The summed E-state index contributed by atoms with van der Waals surface area (Å²) in [5, 5.41) is 7.06. The number of carbonyl (C=O) groups is 1. The molecule has 6 heteroatoms. The van der Waals surface area contributed by atoms with Gasteiger partial charge >= 0.3 is 0 Å². The lowest BCUT2D eigenvalue weighted by atomic mass is 10.1. The number of likely N-dealkylation sites (tertiary alicyclic amines) is 1. The van der Waals surface area contributed by atoms with E-state index in [1.807, 2.05) is 18.2 Å². The molecule has 1 amide bonds. The molecule has 0 spiro atoms. The minimum Gasteiger partial charge on any atom is -0.468 e. The van der Waals surface area contributed by atoms with Crippen LogP contribution in [-0.4, -0.2) is 40.2 Å². The molecule has 1 aliphatic heterocycles. The van der Waals surface area contributed by atoms with E-state index in [0.29, 0.717) is 6.54 Å². The SMILES string of the molecule is O=C(Cn1cccn1)NC[C@H](c1ccco1)N1CCCCC1. The smallest absolute Gasteiger partial charge is 0.241 e. The Kier molecular flexibility index (Phi) is 4.90. The Labute approximate surface area is 130 Å². The van der Waals surface area contributed by atoms with Crippen LogP contribution >= 0.6 is 0 Å². The first kappa shape index (κ1) is 14.8. The summed E-state index contributed by atoms with van der Waals surface area (Å²) in [5.41, 5.74) is 0. The van der Waals surface area contributed by atoms with Crippen molar-refractivity contribution in [1.29, 1.82) is 0 Å². The summed E-state index contributed by atoms with van der Waals surface area (Å²) in [4.78, 5) is 14.4. The fourth-order valence-electron chi connectivity index (χ4n) is 2.93. The minimum atomic E-state index is -0.0303. The minimum absolute atomic E-state index is 0.0303. The van der Waals surface area contributed by atoms with Crippen LogP contribution in [0.5, 0.6) is 0 Å². The second-order valence-electron chi connectivity index (χ2n) is 5.64. The summed E-state index contributed by atoms with van der Waals surface area (Å²) in [6, 6.07) is 5.81. The molecule has 0 bridgehead atoms. The molecule has 2 aromatic heterocycles. The third-order valence-corrected chi connectivity index (χ3v) is 4.06. The Morgan fingerprint density at radius 2 is 2.18 bits per heavy atom. The van der Waals surface area contributed by atoms with Crippen molar-refractivity contribution < 1.29 is 9.21 Å². The molecule has 0 aliphatic carbocycles. The molecule has 1 fully saturated rings. The Morgan fingerprint density at radius 3 is 2.86 bits per heavy atom. The average molecular weight is 302 g/mol. The topological polar surface area (TPSA) is 63.3 Å². The van der Waals surface area contributed by atoms with E-state index in [2.05, 4.69) is 15.3 Å². The highest BCUT2D eigenvalue weighted by Crippen LogP contribution is 2.24. The fourth-order valence-corrected chi connectivity index (χ4v) is 2.93. The molecular formula is C16H22N4O2. The normalized spacial score (nSPS) is 17.3. The van der Waals surface area contributed by atoms with Gasteiger partial charge in [0, 0.05) is 18.9 Å². The van der Waals surface area contributed by atoms with Crippen LogP contribution < -0.4 is 5.32 Å². The van der Waals surface area contributed by atoms with Crippen molar-refractivity contribution in [3.63, 3.8) is 0 Å². The van der Waals surface area contributed by atoms with E-state index >= 15 is 0 Å². The van der Waals surface area contributed by atoms with Gasteiger partial charge in [-0.25, -0.2) is 0 Å². The Hall–Kier alpha value is -2.08. The van der Waals surface area contributed by atoms with Gasteiger partial charge in [-0.2, -0.15) is 5.10 Å². The highest BCUT2D eigenvalue weighted by Gasteiger charge is 2.24. The van der Waals surface area contributed by atoms with Crippen LogP contribution in [-0.2, 0) is 11.3 Å². The maximum Gasteiger partial charge on any atom is 0.241 e. The number of hydrogen-bond donors (Lipinski definition) is 1. The van der Waals surface area contributed by atoms with Gasteiger partial charge in [0.15, 0.2) is 0 Å². The molecule has 1 N–H and O–H groups in total. The second kappa shape index (κ2) is 7.26. The summed E-state index contributed by atoms with van der Waals surface area (Å²) in [5.74, 6) is 0.888. The molecule has 0 radical (unpaired) electrons. The zero-order chi connectivity index (χ0) is 15.2. The molecule has 2 aromatic rings. The van der Waals surface area contributed by atoms with E-state index in [4.69, 9.17) is 4.42 Å². The standard InChI is InChI=1S/C16H22N4O2/c21-16(13-20-10-5-7-18-20)17-12-14(15-6-4-11-22-15)19-8-2-1-3-9-19/h4-7,10-11,14H,1-3,8-9,12-13H2,(H,17,21)/t14-/m1/s1. The molecule has 0 unspecified atom stereocenters. The number of rotatable bonds is 6. The summed E-state index contributed by atoms with van der Waals surface area (Å²) < 4.78 is 7.20. The number of furan rings is 1. The predicted octanol–water partition coefficient (Wildman–Crippen LogP) is 1.82. The highest BCUT2D eigenvalue weighted by atomic mass is 16.3. The number of piperidine rings is 1. The molecule has 6 nitrogen and oxygen atoms in total. The average Bonchev–Trinajstić information content (AvgIpc) is 3.22. The third kappa shape index (κ3) is 3.76. The molecular weight excluding hydrogens is 280 g/mol. The Bertz CT molecular complexity index is 559. The lowest BCUT2D eigenvalue weighted by Gasteiger charge is -2.33. The fraction of sp³-hybridized carbons (Fsp3) is 0.500. The van der Waals surface area contributed by atoms with Gasteiger partial charge in [-0.1, -0.05) is 6.42 Å². The van der Waals surface area contributed by atoms with E-state index in [-0.39, 0.29) is 18.5 Å². The maximum absolute atomic E-state index is 12.0. The second-order valence-corrected chi connectivity index (χ2v) is 5.64. The predicted molar refractivity (Wildman–Crippen MR) is 82.1 cm³/mol. The monoisotopic (exact) mass is 302 g/mol. The molecule has 3 rings (SSSR count). The number of aromatic nitrogens is 2. The van der Waals surface area contributed by atoms with Crippen LogP contribution in [0.25, 0.3) is 0 Å². The van der Waals surface area contributed by atoms with Crippen molar-refractivity contribution in [2.45, 2.75) is 31.8 Å². The van der Waals surface area contributed by atoms with Gasteiger partial charge in [-0.3, -0.25) is 14.4 Å². The van der Waals surface area contributed by atoms with Crippen molar-refractivity contribution in [3.8, 4) is 0 Å². The van der Waals surface area contributed by atoms with Gasteiger partial charge in [-0.05, 0) is 44.1 Å². The lowest BCUT2D eigenvalue weighted by Crippen LogP contribution is -2.41. The van der Waals surface area contributed by atoms with Crippen molar-refractivity contribution in [2.75, 3.05) is 19.6 Å². The first-order valence-corrected chi connectivity index (χ1v) is 7.84. The summed E-state index contributed by atoms with van der Waals surface area (Å²) in [6.07, 6.45) is 8.85. The van der Waals surface area contributed by atoms with E-state index in [9.17, 15) is 4.79 Å². The van der Waals surface area contributed by atoms with Gasteiger partial charge < -0.3 is 9.73 Å². The molecule has 1 aliphatic rings. The number of nitrogens with one attached hydrogen (secondary N) is 1. The lowest BCUT2D eigenvalue weighted by molar-refractivity contribution is -0.122. The van der Waals surface area contributed by atoms with Crippen LogP contribution in [0, 0.1) is 0 Å². The Morgan fingerprint density at radius 1 is 1.32 bits per heavy atom. The first-order chi connectivity index (χ1) is 10.8. The van der Waals surface area contributed by atoms with Crippen molar-refractivity contribution >= 4 is 5.91 Å². The van der Waals surface area contributed by atoms with E-state index in [0.717, 1.165) is 18.8 Å². The van der Waals surface area contributed by atoms with E-state index in [1.165, 1.54) is 19.3 Å². The van der Waals surface area contributed by atoms with Gasteiger partial charge in [0.05, 0.1) is 12.3 Å². The van der Waals surface area contributed by atoms with Crippen LogP contribution in [0.3, 0.4) is 0 Å². The molecule has 1 saturated heterocycles. The first-order valence-electron chi connectivity index (χ1n) is 7.84. The molecule has 0 aromatic carbocycles. The molecule has 0 saturated carbocycles. The maximum atomic E-state index is 12.0. The third-order valence-electron chi connectivity index (χ3n) is 4.06. The molecule has 118 valence electrons.